The Morgan fingerprint density at radius 2 is 1.56 bits per heavy atom. The van der Waals surface area contributed by atoms with Crippen LogP contribution in [0.2, 0.25) is 15.1 Å². The summed E-state index contributed by atoms with van der Waals surface area (Å²) >= 11 is 18.2. The highest BCUT2D eigenvalue weighted by Crippen LogP contribution is 2.38. The number of ether oxygens (including phenoxy) is 3. The van der Waals surface area contributed by atoms with Gasteiger partial charge in [0.25, 0.3) is 5.91 Å². The maximum atomic E-state index is 12.6. The topological polar surface area (TPSA) is 80.6 Å². The molecule has 36 heavy (non-hydrogen) atoms. The molecular weight excluding hydrogens is 544 g/mol. The van der Waals surface area contributed by atoms with E-state index in [1.807, 2.05) is 6.07 Å². The number of hydrogen-bond acceptors (Lipinski definition) is 5. The van der Waals surface area contributed by atoms with Crippen molar-refractivity contribution in [2.24, 2.45) is 0 Å². The SMILES string of the molecule is CC(C#N)(COc1ccc(Cl)cc1Oc1ccc(Cl)cc1Cl)NC(=O)c1ccc(OC(F)(F)F)cc1. The van der Waals surface area contributed by atoms with Gasteiger partial charge in [-0.1, -0.05) is 34.8 Å². The molecule has 1 unspecified atom stereocenters. The van der Waals surface area contributed by atoms with E-state index in [-0.39, 0.29) is 34.4 Å². The van der Waals surface area contributed by atoms with Gasteiger partial charge in [-0.3, -0.25) is 4.79 Å². The van der Waals surface area contributed by atoms with Crippen LogP contribution >= 0.6 is 34.8 Å². The minimum Gasteiger partial charge on any atom is -0.486 e. The Kier molecular flexibility index (Phi) is 8.46. The molecule has 0 radical (unpaired) electrons. The summed E-state index contributed by atoms with van der Waals surface area (Å²) < 4.78 is 52.3. The summed E-state index contributed by atoms with van der Waals surface area (Å²) in [5, 5.41) is 13.2. The molecule has 0 saturated carbocycles. The summed E-state index contributed by atoms with van der Waals surface area (Å²) in [7, 11) is 0. The molecule has 3 aromatic rings. The highest BCUT2D eigenvalue weighted by Gasteiger charge is 2.31. The quantitative estimate of drug-likeness (QED) is 0.310. The van der Waals surface area contributed by atoms with Crippen molar-refractivity contribution in [3.05, 3.63) is 81.3 Å². The van der Waals surface area contributed by atoms with Crippen molar-refractivity contribution >= 4 is 40.7 Å². The average Bonchev–Trinajstić information content (AvgIpc) is 2.80. The number of alkyl halides is 3. The Bertz CT molecular complexity index is 1300. The van der Waals surface area contributed by atoms with Crippen LogP contribution in [0.5, 0.6) is 23.0 Å². The Morgan fingerprint density at radius 1 is 0.944 bits per heavy atom. The van der Waals surface area contributed by atoms with Gasteiger partial charge >= 0.3 is 6.36 Å². The lowest BCUT2D eigenvalue weighted by Gasteiger charge is -2.24. The van der Waals surface area contributed by atoms with Crippen molar-refractivity contribution in [1.82, 2.24) is 5.32 Å². The first-order valence-electron chi connectivity index (χ1n) is 10.0. The Morgan fingerprint density at radius 3 is 2.14 bits per heavy atom. The van der Waals surface area contributed by atoms with Crippen LogP contribution in [0.4, 0.5) is 13.2 Å². The number of benzene rings is 3. The third-order valence-electron chi connectivity index (χ3n) is 4.52. The van der Waals surface area contributed by atoms with Gasteiger partial charge in [0.05, 0.1) is 11.1 Å². The van der Waals surface area contributed by atoms with E-state index in [2.05, 4.69) is 10.1 Å². The summed E-state index contributed by atoms with van der Waals surface area (Å²) in [5.74, 6) is -0.515. The van der Waals surface area contributed by atoms with Crippen molar-refractivity contribution in [2.75, 3.05) is 6.61 Å². The molecule has 0 aliphatic heterocycles. The Labute approximate surface area is 219 Å². The lowest BCUT2D eigenvalue weighted by Crippen LogP contribution is -2.49. The van der Waals surface area contributed by atoms with Gasteiger partial charge < -0.3 is 19.5 Å². The molecule has 1 N–H and O–H groups in total. The molecule has 1 atom stereocenters. The van der Waals surface area contributed by atoms with Crippen LogP contribution in [0, 0.1) is 11.3 Å². The van der Waals surface area contributed by atoms with Gasteiger partial charge in [0.2, 0.25) is 0 Å². The van der Waals surface area contributed by atoms with Crippen molar-refractivity contribution in [1.29, 1.82) is 5.26 Å². The molecule has 0 aromatic heterocycles. The molecule has 0 saturated heterocycles. The molecule has 0 aliphatic rings. The molecule has 0 aliphatic carbocycles. The summed E-state index contributed by atoms with van der Waals surface area (Å²) in [5.41, 5.74) is -1.51. The monoisotopic (exact) mass is 558 g/mol. The van der Waals surface area contributed by atoms with Gasteiger partial charge in [0.1, 0.15) is 18.1 Å². The number of rotatable bonds is 8. The van der Waals surface area contributed by atoms with Crippen LogP contribution in [0.3, 0.4) is 0 Å². The lowest BCUT2D eigenvalue weighted by atomic mass is 10.0. The van der Waals surface area contributed by atoms with Crippen LogP contribution in [0.15, 0.2) is 60.7 Å². The van der Waals surface area contributed by atoms with Gasteiger partial charge in [-0.15, -0.1) is 13.2 Å². The fraction of sp³-hybridized carbons (Fsp3) is 0.167. The second kappa shape index (κ2) is 11.2. The number of carbonyl (C=O) groups excluding carboxylic acids is 1. The van der Waals surface area contributed by atoms with E-state index < -0.39 is 23.6 Å². The maximum Gasteiger partial charge on any atom is 0.573 e. The summed E-state index contributed by atoms with van der Waals surface area (Å²) in [6.07, 6.45) is -4.86. The molecule has 0 fully saturated rings. The minimum atomic E-state index is -4.86. The average molecular weight is 560 g/mol. The van der Waals surface area contributed by atoms with E-state index in [0.29, 0.717) is 10.0 Å². The van der Waals surface area contributed by atoms with Crippen LogP contribution in [-0.2, 0) is 0 Å². The standard InChI is InChI=1S/C24H16Cl3F3N2O4/c1-23(12-31,32-22(33)14-2-6-17(7-3-14)36-24(28,29)30)13-34-20-9-5-16(26)11-21(20)35-19-8-4-15(25)10-18(19)27/h2-11H,13H2,1H3,(H,32,33). The van der Waals surface area contributed by atoms with Crippen molar-refractivity contribution < 1.29 is 32.2 Å². The van der Waals surface area contributed by atoms with E-state index in [9.17, 15) is 23.2 Å². The zero-order valence-electron chi connectivity index (χ0n) is 18.3. The second-order valence-corrected chi connectivity index (χ2v) is 8.81. The van der Waals surface area contributed by atoms with Crippen molar-refractivity contribution in [3.63, 3.8) is 0 Å². The van der Waals surface area contributed by atoms with Gasteiger partial charge in [-0.2, -0.15) is 5.26 Å². The lowest BCUT2D eigenvalue weighted by molar-refractivity contribution is -0.274. The maximum absolute atomic E-state index is 12.6. The van der Waals surface area contributed by atoms with Gasteiger partial charge in [0, 0.05) is 21.7 Å². The van der Waals surface area contributed by atoms with Crippen LogP contribution in [-0.4, -0.2) is 24.4 Å². The predicted octanol–water partition coefficient (Wildman–Crippen LogP) is 7.43. The number of halogens is 6. The summed E-state index contributed by atoms with van der Waals surface area (Å²) in [4.78, 5) is 12.6. The van der Waals surface area contributed by atoms with Gasteiger partial charge in [-0.05, 0) is 61.5 Å². The molecule has 12 heteroatoms. The van der Waals surface area contributed by atoms with E-state index in [1.165, 1.54) is 25.1 Å². The summed E-state index contributed by atoms with van der Waals surface area (Å²) in [6, 6.07) is 15.4. The molecule has 0 spiro atoms. The largest absolute Gasteiger partial charge is 0.573 e. The fourth-order valence-corrected chi connectivity index (χ4v) is 3.42. The second-order valence-electron chi connectivity index (χ2n) is 7.53. The molecule has 0 heterocycles. The number of hydrogen-bond donors (Lipinski definition) is 1. The van der Waals surface area contributed by atoms with Crippen LogP contribution in [0.25, 0.3) is 0 Å². The molecule has 188 valence electrons. The zero-order valence-corrected chi connectivity index (χ0v) is 20.6. The van der Waals surface area contributed by atoms with Gasteiger partial charge in [0.15, 0.2) is 17.0 Å². The Balaban J connectivity index is 1.72. The fourth-order valence-electron chi connectivity index (χ4n) is 2.81. The molecule has 1 amide bonds. The Hall–Kier alpha value is -3.32. The van der Waals surface area contributed by atoms with Crippen LogP contribution in [0.1, 0.15) is 17.3 Å². The molecule has 3 aromatic carbocycles. The minimum absolute atomic E-state index is 0.0129. The first-order valence-corrected chi connectivity index (χ1v) is 11.2. The number of nitriles is 1. The number of amides is 1. The van der Waals surface area contributed by atoms with E-state index in [1.54, 1.807) is 18.2 Å². The molecular formula is C24H16Cl3F3N2O4. The third-order valence-corrected chi connectivity index (χ3v) is 5.29. The first-order chi connectivity index (χ1) is 16.9. The molecule has 0 bridgehead atoms. The number of nitrogens with one attached hydrogen (secondary N) is 1. The third kappa shape index (κ3) is 7.59. The molecule has 3 rings (SSSR count). The van der Waals surface area contributed by atoms with E-state index >= 15 is 0 Å². The zero-order chi connectivity index (χ0) is 26.5. The van der Waals surface area contributed by atoms with Crippen molar-refractivity contribution in [3.8, 4) is 29.1 Å². The van der Waals surface area contributed by atoms with Crippen molar-refractivity contribution in [2.45, 2.75) is 18.8 Å². The van der Waals surface area contributed by atoms with E-state index in [0.717, 1.165) is 24.3 Å². The van der Waals surface area contributed by atoms with Gasteiger partial charge in [-0.25, -0.2) is 0 Å². The first kappa shape index (κ1) is 27.3. The predicted molar refractivity (Wildman–Crippen MR) is 128 cm³/mol. The molecule has 6 nitrogen and oxygen atoms in total. The number of carbonyl (C=O) groups is 1. The number of nitrogens with zero attached hydrogens (tertiary/aromatic N) is 1. The normalized spacial score (nSPS) is 12.7. The van der Waals surface area contributed by atoms with E-state index in [4.69, 9.17) is 44.3 Å². The summed E-state index contributed by atoms with van der Waals surface area (Å²) in [6.45, 7) is 1.11. The highest BCUT2D eigenvalue weighted by atomic mass is 35.5. The smallest absolute Gasteiger partial charge is 0.486 e. The highest BCUT2D eigenvalue weighted by molar-refractivity contribution is 6.35. The van der Waals surface area contributed by atoms with Crippen LogP contribution < -0.4 is 19.5 Å².